The van der Waals surface area contributed by atoms with Crippen LogP contribution in [0.4, 0.5) is 5.69 Å². The Hall–Kier alpha value is -1.59. The second-order valence-corrected chi connectivity index (χ2v) is 5.50. The molecular weight excluding hydrogens is 290 g/mol. The number of anilines is 1. The van der Waals surface area contributed by atoms with Crippen LogP contribution in [0.25, 0.3) is 0 Å². The molecule has 114 valence electrons. The van der Waals surface area contributed by atoms with Gasteiger partial charge in [0, 0.05) is 23.8 Å². The van der Waals surface area contributed by atoms with Gasteiger partial charge in [0.15, 0.2) is 0 Å². The summed E-state index contributed by atoms with van der Waals surface area (Å²) >= 11 is 0. The maximum Gasteiger partial charge on any atom is 0.251 e. The van der Waals surface area contributed by atoms with Gasteiger partial charge in [-0.1, -0.05) is 0 Å². The summed E-state index contributed by atoms with van der Waals surface area (Å²) in [5.74, 6) is 0.0587. The van der Waals surface area contributed by atoms with Crippen molar-refractivity contribution in [2.24, 2.45) is 5.92 Å². The second kappa shape index (κ2) is 6.91. The van der Waals surface area contributed by atoms with Gasteiger partial charge in [-0.25, -0.2) is 0 Å². The van der Waals surface area contributed by atoms with E-state index in [1.807, 2.05) is 0 Å². The number of hydrogen-bond acceptors (Lipinski definition) is 3. The number of amides is 2. The van der Waals surface area contributed by atoms with E-state index in [0.29, 0.717) is 11.6 Å². The van der Waals surface area contributed by atoms with Crippen molar-refractivity contribution in [1.29, 1.82) is 0 Å². The van der Waals surface area contributed by atoms with Gasteiger partial charge in [-0.3, -0.25) is 9.59 Å². The normalized spacial score (nSPS) is 20.5. The van der Waals surface area contributed by atoms with Crippen molar-refractivity contribution >= 4 is 29.9 Å². The number of rotatable bonds is 4. The van der Waals surface area contributed by atoms with Gasteiger partial charge in [0.1, 0.15) is 0 Å². The Morgan fingerprint density at radius 2 is 1.81 bits per heavy atom. The first-order chi connectivity index (χ1) is 9.72. The van der Waals surface area contributed by atoms with E-state index in [9.17, 15) is 9.59 Å². The van der Waals surface area contributed by atoms with Crippen molar-refractivity contribution in [3.05, 3.63) is 29.8 Å². The van der Waals surface area contributed by atoms with E-state index >= 15 is 0 Å². The van der Waals surface area contributed by atoms with E-state index in [-0.39, 0.29) is 30.1 Å². The topological polar surface area (TPSA) is 70.2 Å². The van der Waals surface area contributed by atoms with E-state index in [4.69, 9.17) is 0 Å². The molecular formula is C15H20ClN3O2. The Labute approximate surface area is 130 Å². The van der Waals surface area contributed by atoms with Crippen LogP contribution in [0.1, 0.15) is 29.6 Å². The molecule has 1 heterocycles. The van der Waals surface area contributed by atoms with Crippen LogP contribution >= 0.6 is 12.4 Å². The van der Waals surface area contributed by atoms with E-state index < -0.39 is 0 Å². The van der Waals surface area contributed by atoms with Crippen molar-refractivity contribution in [2.75, 3.05) is 18.4 Å². The Morgan fingerprint density at radius 3 is 2.38 bits per heavy atom. The molecule has 0 spiro atoms. The van der Waals surface area contributed by atoms with E-state index in [1.54, 1.807) is 24.3 Å². The van der Waals surface area contributed by atoms with Crippen LogP contribution < -0.4 is 16.0 Å². The Morgan fingerprint density at radius 1 is 1.10 bits per heavy atom. The fraction of sp³-hybridized carbons (Fsp3) is 0.467. The van der Waals surface area contributed by atoms with Crippen LogP contribution in [-0.4, -0.2) is 30.9 Å². The average Bonchev–Trinajstić information content (AvgIpc) is 3.08. The summed E-state index contributed by atoms with van der Waals surface area (Å²) in [5.41, 5.74) is 1.38. The minimum absolute atomic E-state index is 0. The predicted octanol–water partition coefficient (Wildman–Crippen LogP) is 1.55. The van der Waals surface area contributed by atoms with Gasteiger partial charge in [0.2, 0.25) is 5.91 Å². The lowest BCUT2D eigenvalue weighted by Crippen LogP contribution is -2.26. The van der Waals surface area contributed by atoms with Crippen molar-refractivity contribution in [2.45, 2.75) is 25.3 Å². The molecule has 1 atom stereocenters. The number of benzene rings is 1. The molecule has 0 aromatic heterocycles. The number of hydrogen-bond donors (Lipinski definition) is 3. The van der Waals surface area contributed by atoms with Gasteiger partial charge in [0.05, 0.1) is 5.92 Å². The highest BCUT2D eigenvalue weighted by Gasteiger charge is 2.24. The van der Waals surface area contributed by atoms with Crippen LogP contribution in [0.5, 0.6) is 0 Å². The summed E-state index contributed by atoms with van der Waals surface area (Å²) < 4.78 is 0. The molecule has 0 radical (unpaired) electrons. The van der Waals surface area contributed by atoms with Gasteiger partial charge < -0.3 is 16.0 Å². The first-order valence-corrected chi connectivity index (χ1v) is 7.15. The fourth-order valence-electron chi connectivity index (χ4n) is 2.32. The van der Waals surface area contributed by atoms with Gasteiger partial charge in [-0.15, -0.1) is 12.4 Å². The third-order valence-corrected chi connectivity index (χ3v) is 3.76. The summed E-state index contributed by atoms with van der Waals surface area (Å²) in [7, 11) is 0. The summed E-state index contributed by atoms with van der Waals surface area (Å²) in [6, 6.07) is 7.42. The summed E-state index contributed by atoms with van der Waals surface area (Å²) in [6.45, 7) is 1.64. The minimum atomic E-state index is -0.0367. The summed E-state index contributed by atoms with van der Waals surface area (Å²) in [6.07, 6.45) is 3.04. The van der Waals surface area contributed by atoms with E-state index in [1.165, 1.54) is 0 Å². The molecule has 6 heteroatoms. The van der Waals surface area contributed by atoms with Gasteiger partial charge in [-0.05, 0) is 50.1 Å². The molecule has 1 aliphatic carbocycles. The highest BCUT2D eigenvalue weighted by Crippen LogP contribution is 2.20. The summed E-state index contributed by atoms with van der Waals surface area (Å²) in [4.78, 5) is 23.8. The molecule has 1 saturated heterocycles. The van der Waals surface area contributed by atoms with Crippen molar-refractivity contribution in [3.63, 3.8) is 0 Å². The molecule has 5 nitrogen and oxygen atoms in total. The number of carbonyl (C=O) groups is 2. The van der Waals surface area contributed by atoms with Crippen molar-refractivity contribution in [3.8, 4) is 0 Å². The van der Waals surface area contributed by atoms with Gasteiger partial charge >= 0.3 is 0 Å². The van der Waals surface area contributed by atoms with Gasteiger partial charge in [-0.2, -0.15) is 0 Å². The Bertz CT molecular complexity index is 508. The van der Waals surface area contributed by atoms with Gasteiger partial charge in [0.25, 0.3) is 5.91 Å². The first-order valence-electron chi connectivity index (χ1n) is 7.15. The number of nitrogens with one attached hydrogen (secondary N) is 3. The molecule has 1 saturated carbocycles. The highest BCUT2D eigenvalue weighted by molar-refractivity contribution is 5.96. The molecule has 1 unspecified atom stereocenters. The van der Waals surface area contributed by atoms with Crippen LogP contribution in [0, 0.1) is 5.92 Å². The molecule has 0 bridgehead atoms. The molecule has 2 amide bonds. The lowest BCUT2D eigenvalue weighted by Gasteiger charge is -2.10. The molecule has 1 aromatic carbocycles. The molecule has 2 aliphatic rings. The standard InChI is InChI=1S/C15H19N3O2.ClH/c19-14(17-13-5-6-13)10-1-3-12(4-2-10)18-15(20)11-7-8-16-9-11;/h1-4,11,13,16H,5-9H2,(H,17,19)(H,18,20);1H. The predicted molar refractivity (Wildman–Crippen MR) is 83.8 cm³/mol. The first kappa shape index (κ1) is 15.8. The van der Waals surface area contributed by atoms with Crippen molar-refractivity contribution in [1.82, 2.24) is 10.6 Å². The third-order valence-electron chi connectivity index (χ3n) is 3.76. The van der Waals surface area contributed by atoms with E-state index in [0.717, 1.165) is 38.0 Å². The number of carbonyl (C=O) groups excluding carboxylic acids is 2. The van der Waals surface area contributed by atoms with Crippen molar-refractivity contribution < 1.29 is 9.59 Å². The zero-order valence-corrected chi connectivity index (χ0v) is 12.5. The Balaban J connectivity index is 0.00000161. The average molecular weight is 310 g/mol. The highest BCUT2D eigenvalue weighted by atomic mass is 35.5. The quantitative estimate of drug-likeness (QED) is 0.790. The minimum Gasteiger partial charge on any atom is -0.349 e. The third kappa shape index (κ3) is 4.19. The molecule has 21 heavy (non-hydrogen) atoms. The maximum absolute atomic E-state index is 12.0. The SMILES string of the molecule is Cl.O=C(NC1CC1)c1ccc(NC(=O)C2CCNC2)cc1. The van der Waals surface area contributed by atoms with Crippen LogP contribution in [0.3, 0.4) is 0 Å². The maximum atomic E-state index is 12.0. The molecule has 1 aliphatic heterocycles. The monoisotopic (exact) mass is 309 g/mol. The summed E-state index contributed by atoms with van der Waals surface area (Å²) in [5, 5.41) is 9.01. The lowest BCUT2D eigenvalue weighted by atomic mass is 10.1. The molecule has 2 fully saturated rings. The molecule has 1 aromatic rings. The zero-order chi connectivity index (χ0) is 13.9. The fourth-order valence-corrected chi connectivity index (χ4v) is 2.32. The number of halogens is 1. The molecule has 3 rings (SSSR count). The second-order valence-electron chi connectivity index (χ2n) is 5.50. The Kier molecular flexibility index (Phi) is 5.20. The van der Waals surface area contributed by atoms with Crippen LogP contribution in [0.15, 0.2) is 24.3 Å². The van der Waals surface area contributed by atoms with Crippen LogP contribution in [-0.2, 0) is 4.79 Å². The lowest BCUT2D eigenvalue weighted by molar-refractivity contribution is -0.119. The molecule has 3 N–H and O–H groups in total. The van der Waals surface area contributed by atoms with Crippen LogP contribution in [0.2, 0.25) is 0 Å². The largest absolute Gasteiger partial charge is 0.349 e. The zero-order valence-electron chi connectivity index (χ0n) is 11.7. The van der Waals surface area contributed by atoms with E-state index in [2.05, 4.69) is 16.0 Å². The smallest absolute Gasteiger partial charge is 0.251 e.